The topological polar surface area (TPSA) is 58.8 Å². The van der Waals surface area contributed by atoms with Crippen LogP contribution in [0, 0.1) is 4.77 Å². The Labute approximate surface area is 189 Å². The highest BCUT2D eigenvalue weighted by atomic mass is 32.1. The lowest BCUT2D eigenvalue weighted by Crippen LogP contribution is -2.50. The number of amides is 1. The molecule has 9 heteroatoms. The standard InChI is InChI=1S/C22H32N6O2S/c1-30-20-8-6-19(7-9-20)27-17-23-28(22(27)31)18-25-14-12-24(13-15-25)16-21(29)26-10-4-2-3-5-11-26/h6-9,17H,2-5,10-16,18H2,1H3. The van der Waals surface area contributed by atoms with Crippen LogP contribution in [-0.4, -0.2) is 87.9 Å². The van der Waals surface area contributed by atoms with Gasteiger partial charge in [0.25, 0.3) is 0 Å². The molecule has 4 rings (SSSR count). The molecule has 0 bridgehead atoms. The SMILES string of the molecule is COc1ccc(-n2cnn(CN3CCN(CC(=O)N4CCCCCC4)CC3)c2=S)cc1. The number of methoxy groups -OCH3 is 1. The van der Waals surface area contributed by atoms with Gasteiger partial charge in [0.1, 0.15) is 12.1 Å². The summed E-state index contributed by atoms with van der Waals surface area (Å²) in [6.07, 6.45) is 6.55. The van der Waals surface area contributed by atoms with Crippen LogP contribution in [0.3, 0.4) is 0 Å². The quantitative estimate of drug-likeness (QED) is 0.638. The zero-order valence-electron chi connectivity index (χ0n) is 18.3. The first-order chi connectivity index (χ1) is 15.1. The Hall–Kier alpha value is -2.23. The van der Waals surface area contributed by atoms with E-state index >= 15 is 0 Å². The van der Waals surface area contributed by atoms with E-state index in [1.807, 2.05) is 33.5 Å². The van der Waals surface area contributed by atoms with Crippen molar-refractivity contribution in [2.24, 2.45) is 0 Å². The van der Waals surface area contributed by atoms with Crippen molar-refractivity contribution in [3.63, 3.8) is 0 Å². The summed E-state index contributed by atoms with van der Waals surface area (Å²) in [5, 5.41) is 4.49. The Bertz CT molecular complexity index is 909. The Kier molecular flexibility index (Phi) is 7.37. The van der Waals surface area contributed by atoms with E-state index in [4.69, 9.17) is 17.0 Å². The molecule has 168 valence electrons. The number of nitrogens with zero attached hydrogens (tertiary/aromatic N) is 6. The lowest BCUT2D eigenvalue weighted by molar-refractivity contribution is -0.132. The zero-order valence-corrected chi connectivity index (χ0v) is 19.1. The van der Waals surface area contributed by atoms with Crippen molar-refractivity contribution < 1.29 is 9.53 Å². The van der Waals surface area contributed by atoms with Gasteiger partial charge in [-0.1, -0.05) is 12.8 Å². The number of hydrogen-bond donors (Lipinski definition) is 0. The van der Waals surface area contributed by atoms with Crippen LogP contribution < -0.4 is 4.74 Å². The number of benzene rings is 1. The number of aromatic nitrogens is 3. The maximum atomic E-state index is 12.6. The van der Waals surface area contributed by atoms with E-state index in [0.717, 1.165) is 63.5 Å². The summed E-state index contributed by atoms with van der Waals surface area (Å²) in [5.74, 6) is 1.10. The van der Waals surface area contributed by atoms with Crippen LogP contribution in [0.25, 0.3) is 5.69 Å². The molecule has 3 heterocycles. The number of rotatable bonds is 6. The second-order valence-electron chi connectivity index (χ2n) is 8.31. The molecule has 2 fully saturated rings. The van der Waals surface area contributed by atoms with E-state index < -0.39 is 0 Å². The van der Waals surface area contributed by atoms with E-state index in [1.165, 1.54) is 12.8 Å². The molecule has 0 aliphatic carbocycles. The van der Waals surface area contributed by atoms with Crippen molar-refractivity contribution >= 4 is 18.1 Å². The smallest absolute Gasteiger partial charge is 0.236 e. The van der Waals surface area contributed by atoms with Gasteiger partial charge in [-0.2, -0.15) is 5.10 Å². The van der Waals surface area contributed by atoms with Gasteiger partial charge in [0.15, 0.2) is 0 Å². The first-order valence-corrected chi connectivity index (χ1v) is 11.6. The van der Waals surface area contributed by atoms with E-state index in [9.17, 15) is 4.79 Å². The van der Waals surface area contributed by atoms with Crippen LogP contribution in [0.4, 0.5) is 0 Å². The lowest BCUT2D eigenvalue weighted by Gasteiger charge is -2.35. The normalized spacial score (nSPS) is 18.7. The van der Waals surface area contributed by atoms with Gasteiger partial charge in [0.05, 0.1) is 20.3 Å². The minimum absolute atomic E-state index is 0.288. The molecule has 0 N–H and O–H groups in total. The van der Waals surface area contributed by atoms with E-state index in [2.05, 4.69) is 19.8 Å². The number of likely N-dealkylation sites (tertiary alicyclic amines) is 1. The number of hydrogen-bond acceptors (Lipinski definition) is 6. The molecular weight excluding hydrogens is 412 g/mol. The molecule has 2 aliphatic rings. The zero-order chi connectivity index (χ0) is 21.6. The number of ether oxygens (including phenoxy) is 1. The van der Waals surface area contributed by atoms with Crippen LogP contribution in [0.5, 0.6) is 5.75 Å². The van der Waals surface area contributed by atoms with E-state index in [0.29, 0.717) is 18.0 Å². The van der Waals surface area contributed by atoms with Gasteiger partial charge >= 0.3 is 0 Å². The van der Waals surface area contributed by atoms with Crippen molar-refractivity contribution in [3.05, 3.63) is 35.4 Å². The molecule has 8 nitrogen and oxygen atoms in total. The third kappa shape index (κ3) is 5.53. The predicted octanol–water partition coefficient (Wildman–Crippen LogP) is 2.39. The summed E-state index contributed by atoms with van der Waals surface area (Å²) in [7, 11) is 1.66. The maximum Gasteiger partial charge on any atom is 0.236 e. The van der Waals surface area contributed by atoms with Crippen LogP contribution in [0.1, 0.15) is 25.7 Å². The monoisotopic (exact) mass is 444 g/mol. The largest absolute Gasteiger partial charge is 0.497 e. The fourth-order valence-electron chi connectivity index (χ4n) is 4.24. The summed E-state index contributed by atoms with van der Waals surface area (Å²) in [5.41, 5.74) is 0.967. The molecule has 1 amide bonds. The van der Waals surface area contributed by atoms with Crippen LogP contribution in [0.2, 0.25) is 0 Å². The molecular formula is C22H32N6O2S. The predicted molar refractivity (Wildman–Crippen MR) is 122 cm³/mol. The molecule has 2 aromatic rings. The summed E-state index contributed by atoms with van der Waals surface area (Å²) in [4.78, 5) is 19.3. The van der Waals surface area contributed by atoms with Crippen molar-refractivity contribution in [2.45, 2.75) is 32.4 Å². The first kappa shape index (κ1) is 22.0. The molecule has 0 atom stereocenters. The highest BCUT2D eigenvalue weighted by molar-refractivity contribution is 7.71. The van der Waals surface area contributed by atoms with Crippen LogP contribution >= 0.6 is 12.2 Å². The molecule has 0 unspecified atom stereocenters. The van der Waals surface area contributed by atoms with Gasteiger partial charge in [-0.25, -0.2) is 4.68 Å². The highest BCUT2D eigenvalue weighted by Crippen LogP contribution is 2.16. The number of carbonyl (C=O) groups is 1. The number of piperazine rings is 1. The minimum atomic E-state index is 0.288. The number of carbonyl (C=O) groups excluding carboxylic acids is 1. The van der Waals surface area contributed by atoms with E-state index in [-0.39, 0.29) is 5.91 Å². The van der Waals surface area contributed by atoms with Crippen LogP contribution in [-0.2, 0) is 11.5 Å². The Morgan fingerprint density at radius 2 is 1.61 bits per heavy atom. The van der Waals surface area contributed by atoms with E-state index in [1.54, 1.807) is 13.4 Å². The summed E-state index contributed by atoms with van der Waals surface area (Å²) >= 11 is 5.65. The average Bonchev–Trinajstić information content (AvgIpc) is 2.99. The summed E-state index contributed by atoms with van der Waals surface area (Å²) < 4.78 is 9.66. The molecule has 0 radical (unpaired) electrons. The highest BCUT2D eigenvalue weighted by Gasteiger charge is 2.22. The second-order valence-corrected chi connectivity index (χ2v) is 8.68. The fourth-order valence-corrected chi connectivity index (χ4v) is 4.50. The second kappa shape index (κ2) is 10.4. The summed E-state index contributed by atoms with van der Waals surface area (Å²) in [6, 6.07) is 7.78. The lowest BCUT2D eigenvalue weighted by atomic mass is 10.2. The molecule has 0 saturated carbocycles. The molecule has 1 aromatic carbocycles. The minimum Gasteiger partial charge on any atom is -0.497 e. The summed E-state index contributed by atoms with van der Waals surface area (Å²) in [6.45, 7) is 6.66. The van der Waals surface area contributed by atoms with Crippen LogP contribution in [0.15, 0.2) is 30.6 Å². The average molecular weight is 445 g/mol. The van der Waals surface area contributed by atoms with Gasteiger partial charge in [0, 0.05) is 45.0 Å². The van der Waals surface area contributed by atoms with Gasteiger partial charge in [0.2, 0.25) is 10.7 Å². The first-order valence-electron chi connectivity index (χ1n) is 11.2. The van der Waals surface area contributed by atoms with Gasteiger partial charge in [-0.15, -0.1) is 0 Å². The Morgan fingerprint density at radius 3 is 2.26 bits per heavy atom. The Morgan fingerprint density at radius 1 is 0.968 bits per heavy atom. The van der Waals surface area contributed by atoms with Crippen molar-refractivity contribution in [1.82, 2.24) is 29.0 Å². The third-order valence-electron chi connectivity index (χ3n) is 6.20. The Balaban J connectivity index is 1.28. The molecule has 0 spiro atoms. The molecule has 2 aliphatic heterocycles. The van der Waals surface area contributed by atoms with Gasteiger partial charge in [-0.05, 0) is 49.3 Å². The van der Waals surface area contributed by atoms with Crippen molar-refractivity contribution in [3.8, 4) is 11.4 Å². The van der Waals surface area contributed by atoms with Crippen molar-refractivity contribution in [1.29, 1.82) is 0 Å². The third-order valence-corrected chi connectivity index (χ3v) is 6.61. The molecule has 1 aromatic heterocycles. The van der Waals surface area contributed by atoms with Gasteiger partial charge in [-0.3, -0.25) is 19.2 Å². The molecule has 31 heavy (non-hydrogen) atoms. The maximum absolute atomic E-state index is 12.6. The fraction of sp³-hybridized carbons (Fsp3) is 0.591. The molecule has 2 saturated heterocycles. The van der Waals surface area contributed by atoms with Crippen molar-refractivity contribution in [2.75, 3.05) is 52.9 Å². The van der Waals surface area contributed by atoms with Gasteiger partial charge < -0.3 is 9.64 Å².